The van der Waals surface area contributed by atoms with Gasteiger partial charge in [0.05, 0.1) is 11.8 Å². The zero-order chi connectivity index (χ0) is 13.2. The number of nitrogens with two attached hydrogens (primary N) is 1. The van der Waals surface area contributed by atoms with Crippen LogP contribution in [0.15, 0.2) is 23.4 Å². The van der Waals surface area contributed by atoms with E-state index in [9.17, 15) is 8.42 Å². The summed E-state index contributed by atoms with van der Waals surface area (Å²) in [7, 11) is -1.89. The highest BCUT2D eigenvalue weighted by Gasteiger charge is 2.30. The molecule has 0 spiro atoms. The van der Waals surface area contributed by atoms with E-state index in [2.05, 4.69) is 4.98 Å². The Balaban J connectivity index is 2.20. The molecule has 0 saturated carbocycles. The number of pyridine rings is 1. The summed E-state index contributed by atoms with van der Waals surface area (Å²) in [5.41, 5.74) is 5.93. The first-order valence-corrected chi connectivity index (χ1v) is 7.22. The topological polar surface area (TPSA) is 85.5 Å². The molecule has 0 aromatic carbocycles. The van der Waals surface area contributed by atoms with Crippen molar-refractivity contribution >= 4 is 15.7 Å². The highest BCUT2D eigenvalue weighted by Crippen LogP contribution is 2.24. The van der Waals surface area contributed by atoms with Crippen molar-refractivity contribution in [3.63, 3.8) is 0 Å². The molecule has 1 aliphatic heterocycles. The van der Waals surface area contributed by atoms with Gasteiger partial charge >= 0.3 is 0 Å². The van der Waals surface area contributed by atoms with Gasteiger partial charge in [0.15, 0.2) is 0 Å². The minimum absolute atomic E-state index is 0.0841. The normalized spacial score (nSPS) is 18.9. The van der Waals surface area contributed by atoms with E-state index in [0.29, 0.717) is 25.9 Å². The van der Waals surface area contributed by atoms with Crippen molar-refractivity contribution in [1.82, 2.24) is 9.29 Å². The molecule has 7 heteroatoms. The molecule has 18 heavy (non-hydrogen) atoms. The number of methoxy groups -OCH3 is 1. The van der Waals surface area contributed by atoms with E-state index < -0.39 is 10.0 Å². The number of ether oxygens (including phenoxy) is 1. The maximum atomic E-state index is 12.4. The molecule has 0 bridgehead atoms. The number of aromatic nitrogens is 1. The van der Waals surface area contributed by atoms with Gasteiger partial charge < -0.3 is 10.5 Å². The van der Waals surface area contributed by atoms with Gasteiger partial charge in [0.1, 0.15) is 4.90 Å². The Labute approximate surface area is 107 Å². The van der Waals surface area contributed by atoms with Crippen LogP contribution in [0, 0.1) is 0 Å². The zero-order valence-corrected chi connectivity index (χ0v) is 11.1. The molecule has 6 nitrogen and oxygen atoms in total. The smallest absolute Gasteiger partial charge is 0.246 e. The summed E-state index contributed by atoms with van der Waals surface area (Å²) in [6.07, 6.45) is 4.33. The van der Waals surface area contributed by atoms with E-state index in [4.69, 9.17) is 10.5 Å². The van der Waals surface area contributed by atoms with Crippen LogP contribution in [0.4, 0.5) is 5.69 Å². The maximum absolute atomic E-state index is 12.4. The van der Waals surface area contributed by atoms with Crippen molar-refractivity contribution < 1.29 is 13.2 Å². The van der Waals surface area contributed by atoms with Crippen LogP contribution in [0.25, 0.3) is 0 Å². The third-order valence-corrected chi connectivity index (χ3v) is 5.11. The molecule has 2 rings (SSSR count). The van der Waals surface area contributed by atoms with Gasteiger partial charge in [-0.05, 0) is 18.9 Å². The van der Waals surface area contributed by atoms with Gasteiger partial charge in [-0.15, -0.1) is 0 Å². The summed E-state index contributed by atoms with van der Waals surface area (Å²) >= 11 is 0. The summed E-state index contributed by atoms with van der Waals surface area (Å²) in [4.78, 5) is 3.91. The maximum Gasteiger partial charge on any atom is 0.246 e. The monoisotopic (exact) mass is 271 g/mol. The number of piperidine rings is 1. The van der Waals surface area contributed by atoms with Gasteiger partial charge in [0, 0.05) is 32.6 Å². The van der Waals surface area contributed by atoms with Gasteiger partial charge in [-0.25, -0.2) is 8.42 Å². The number of sulfonamides is 1. The minimum atomic E-state index is -3.53. The molecule has 1 saturated heterocycles. The summed E-state index contributed by atoms with van der Waals surface area (Å²) in [6.45, 7) is 0.907. The third kappa shape index (κ3) is 2.47. The van der Waals surface area contributed by atoms with Crippen LogP contribution < -0.4 is 5.73 Å². The Morgan fingerprint density at radius 1 is 1.44 bits per heavy atom. The highest BCUT2D eigenvalue weighted by atomic mass is 32.2. The summed E-state index contributed by atoms with van der Waals surface area (Å²) in [5.74, 6) is 0. The van der Waals surface area contributed by atoms with Crippen molar-refractivity contribution in [2.45, 2.75) is 23.8 Å². The lowest BCUT2D eigenvalue weighted by molar-refractivity contribution is 0.0604. The molecule has 100 valence electrons. The van der Waals surface area contributed by atoms with Crippen LogP contribution in [0.1, 0.15) is 12.8 Å². The van der Waals surface area contributed by atoms with Gasteiger partial charge in [-0.3, -0.25) is 4.98 Å². The van der Waals surface area contributed by atoms with Gasteiger partial charge in [-0.2, -0.15) is 4.31 Å². The van der Waals surface area contributed by atoms with Crippen LogP contribution >= 0.6 is 0 Å². The quantitative estimate of drug-likeness (QED) is 0.863. The first kappa shape index (κ1) is 13.3. The Morgan fingerprint density at radius 2 is 2.11 bits per heavy atom. The lowest BCUT2D eigenvalue weighted by Crippen LogP contribution is -2.40. The second-order valence-corrected chi connectivity index (χ2v) is 6.16. The highest BCUT2D eigenvalue weighted by molar-refractivity contribution is 7.89. The Hall–Kier alpha value is -1.18. The fraction of sp³-hybridized carbons (Fsp3) is 0.545. The fourth-order valence-electron chi connectivity index (χ4n) is 2.05. The molecular weight excluding hydrogens is 254 g/mol. The van der Waals surface area contributed by atoms with Gasteiger partial charge in [-0.1, -0.05) is 0 Å². The number of nitrogens with zero attached hydrogens (tertiary/aromatic N) is 2. The molecule has 0 radical (unpaired) electrons. The molecule has 1 fully saturated rings. The van der Waals surface area contributed by atoms with E-state index >= 15 is 0 Å². The molecule has 0 unspecified atom stereocenters. The third-order valence-electron chi connectivity index (χ3n) is 3.17. The van der Waals surface area contributed by atoms with Crippen LogP contribution in [0.2, 0.25) is 0 Å². The Kier molecular flexibility index (Phi) is 3.84. The first-order chi connectivity index (χ1) is 8.55. The standard InChI is InChI=1S/C11H17N3O3S/c1-17-9-3-6-14(7-4-9)18(15,16)11-8-13-5-2-10(11)12/h2,5,8-9H,3-4,6-7H2,1H3,(H2,12,13). The van der Waals surface area contributed by atoms with Crippen LogP contribution in [-0.2, 0) is 14.8 Å². The Morgan fingerprint density at radius 3 is 2.67 bits per heavy atom. The average molecular weight is 271 g/mol. The minimum Gasteiger partial charge on any atom is -0.398 e. The van der Waals surface area contributed by atoms with E-state index in [1.807, 2.05) is 0 Å². The predicted molar refractivity (Wildman–Crippen MR) is 67.4 cm³/mol. The second-order valence-electron chi connectivity index (χ2n) is 4.25. The van der Waals surface area contributed by atoms with E-state index in [-0.39, 0.29) is 16.7 Å². The van der Waals surface area contributed by atoms with Crippen LogP contribution in [-0.4, -0.2) is 44.0 Å². The number of rotatable bonds is 3. The molecule has 1 aromatic rings. The van der Waals surface area contributed by atoms with Crippen molar-refractivity contribution in [2.75, 3.05) is 25.9 Å². The molecule has 0 atom stereocenters. The fourth-order valence-corrected chi connectivity index (χ4v) is 3.58. The largest absolute Gasteiger partial charge is 0.398 e. The summed E-state index contributed by atoms with van der Waals surface area (Å²) < 4.78 is 31.4. The van der Waals surface area contributed by atoms with E-state index in [0.717, 1.165) is 0 Å². The number of hydrogen-bond donors (Lipinski definition) is 1. The molecule has 0 amide bonds. The van der Waals surface area contributed by atoms with E-state index in [1.54, 1.807) is 7.11 Å². The predicted octanol–water partition coefficient (Wildman–Crippen LogP) is 0.463. The lowest BCUT2D eigenvalue weighted by Gasteiger charge is -2.30. The van der Waals surface area contributed by atoms with Gasteiger partial charge in [0.2, 0.25) is 10.0 Å². The molecule has 2 heterocycles. The number of anilines is 1. The SMILES string of the molecule is COC1CCN(S(=O)(=O)c2cnccc2N)CC1. The van der Waals surface area contributed by atoms with Crippen molar-refractivity contribution in [3.05, 3.63) is 18.5 Å². The van der Waals surface area contributed by atoms with E-state index in [1.165, 1.54) is 22.8 Å². The first-order valence-electron chi connectivity index (χ1n) is 5.78. The molecule has 1 aliphatic rings. The number of hydrogen-bond acceptors (Lipinski definition) is 5. The van der Waals surface area contributed by atoms with Crippen LogP contribution in [0.3, 0.4) is 0 Å². The lowest BCUT2D eigenvalue weighted by atomic mass is 10.1. The molecule has 2 N–H and O–H groups in total. The van der Waals surface area contributed by atoms with Crippen molar-refractivity contribution in [3.8, 4) is 0 Å². The Bertz CT molecular complexity index is 510. The average Bonchev–Trinajstić information content (AvgIpc) is 2.39. The van der Waals surface area contributed by atoms with Crippen molar-refractivity contribution in [1.29, 1.82) is 0 Å². The summed E-state index contributed by atoms with van der Waals surface area (Å²) in [5, 5.41) is 0. The van der Waals surface area contributed by atoms with Crippen molar-refractivity contribution in [2.24, 2.45) is 0 Å². The molecule has 1 aromatic heterocycles. The second kappa shape index (κ2) is 5.21. The number of nitrogen functional groups attached to an aromatic ring is 1. The van der Waals surface area contributed by atoms with Gasteiger partial charge in [0.25, 0.3) is 0 Å². The zero-order valence-electron chi connectivity index (χ0n) is 10.2. The molecule has 0 aliphatic carbocycles. The summed E-state index contributed by atoms with van der Waals surface area (Å²) in [6, 6.07) is 1.49. The molecular formula is C11H17N3O3S. The van der Waals surface area contributed by atoms with Crippen LogP contribution in [0.5, 0.6) is 0 Å².